The highest BCUT2D eigenvalue weighted by Gasteiger charge is 2.32. The van der Waals surface area contributed by atoms with E-state index in [4.69, 9.17) is 0 Å². The Kier molecular flexibility index (Phi) is 2.45. The van der Waals surface area contributed by atoms with E-state index in [0.717, 1.165) is 22.5 Å². The summed E-state index contributed by atoms with van der Waals surface area (Å²) >= 11 is 0. The largest absolute Gasteiger partial charge is 0.277 e. The van der Waals surface area contributed by atoms with E-state index in [9.17, 15) is 4.79 Å². The third kappa shape index (κ3) is 1.44. The van der Waals surface area contributed by atoms with Gasteiger partial charge in [-0.1, -0.05) is 24.3 Å². The summed E-state index contributed by atoms with van der Waals surface area (Å²) in [6.45, 7) is 1.94. The van der Waals surface area contributed by atoms with Gasteiger partial charge in [-0.25, -0.2) is 0 Å². The maximum absolute atomic E-state index is 12.4. The molecule has 0 fully saturated rings. The van der Waals surface area contributed by atoms with Gasteiger partial charge in [-0.05, 0) is 25.1 Å². The number of anilines is 1. The maximum Gasteiger partial charge on any atom is 0.263 e. The summed E-state index contributed by atoms with van der Waals surface area (Å²) in [5, 5.41) is 0. The predicted molar refractivity (Wildman–Crippen MR) is 71.1 cm³/mol. The van der Waals surface area contributed by atoms with Crippen LogP contribution in [0.25, 0.3) is 5.70 Å². The molecule has 3 nitrogen and oxygen atoms in total. The Morgan fingerprint density at radius 2 is 1.72 bits per heavy atom. The molecule has 0 spiro atoms. The first-order chi connectivity index (χ1) is 8.83. The Morgan fingerprint density at radius 1 is 1.06 bits per heavy atom. The number of amides is 1. The van der Waals surface area contributed by atoms with Crippen molar-refractivity contribution in [3.8, 4) is 0 Å². The highest BCUT2D eigenvalue weighted by Crippen LogP contribution is 2.36. The van der Waals surface area contributed by atoms with Gasteiger partial charge in [0, 0.05) is 23.5 Å². The second-order valence-electron chi connectivity index (χ2n) is 4.07. The molecule has 0 saturated carbocycles. The van der Waals surface area contributed by atoms with Crippen LogP contribution < -0.4 is 4.90 Å². The SMILES string of the molecule is CC=C1c2ccccc2C(=O)N1c1ccncc1. The molecule has 1 aliphatic heterocycles. The summed E-state index contributed by atoms with van der Waals surface area (Å²) in [5.41, 5.74) is 3.52. The Hall–Kier alpha value is -2.42. The third-order valence-corrected chi connectivity index (χ3v) is 3.07. The van der Waals surface area contributed by atoms with Crippen molar-refractivity contribution in [3.05, 3.63) is 66.0 Å². The number of hydrogen-bond donors (Lipinski definition) is 0. The van der Waals surface area contributed by atoms with Gasteiger partial charge in [0.2, 0.25) is 0 Å². The zero-order chi connectivity index (χ0) is 12.5. The van der Waals surface area contributed by atoms with E-state index < -0.39 is 0 Å². The van der Waals surface area contributed by atoms with Crippen molar-refractivity contribution in [1.29, 1.82) is 0 Å². The van der Waals surface area contributed by atoms with Gasteiger partial charge >= 0.3 is 0 Å². The second-order valence-corrected chi connectivity index (χ2v) is 4.07. The highest BCUT2D eigenvalue weighted by molar-refractivity contribution is 6.22. The zero-order valence-corrected chi connectivity index (χ0v) is 10.00. The van der Waals surface area contributed by atoms with Gasteiger partial charge in [0.05, 0.1) is 11.4 Å². The molecule has 1 amide bonds. The van der Waals surface area contributed by atoms with E-state index in [0.29, 0.717) is 0 Å². The molecule has 0 N–H and O–H groups in total. The number of aromatic nitrogens is 1. The fourth-order valence-corrected chi connectivity index (χ4v) is 2.28. The lowest BCUT2D eigenvalue weighted by Crippen LogP contribution is -2.22. The van der Waals surface area contributed by atoms with Gasteiger partial charge in [0.25, 0.3) is 5.91 Å². The van der Waals surface area contributed by atoms with Crippen molar-refractivity contribution in [2.75, 3.05) is 4.90 Å². The van der Waals surface area contributed by atoms with Gasteiger partial charge in [-0.3, -0.25) is 14.7 Å². The normalized spacial score (nSPS) is 16.2. The zero-order valence-electron chi connectivity index (χ0n) is 10.00. The summed E-state index contributed by atoms with van der Waals surface area (Å²) in [6, 6.07) is 11.4. The van der Waals surface area contributed by atoms with Crippen LogP contribution in [0.5, 0.6) is 0 Å². The monoisotopic (exact) mass is 236 g/mol. The molecule has 3 heteroatoms. The number of benzene rings is 1. The third-order valence-electron chi connectivity index (χ3n) is 3.07. The second kappa shape index (κ2) is 4.11. The van der Waals surface area contributed by atoms with Crippen LogP contribution in [-0.2, 0) is 0 Å². The number of allylic oxidation sites excluding steroid dienone is 1. The first-order valence-corrected chi connectivity index (χ1v) is 5.83. The smallest absolute Gasteiger partial charge is 0.263 e. The molecular formula is C15H12N2O. The van der Waals surface area contributed by atoms with Crippen LogP contribution >= 0.6 is 0 Å². The summed E-state index contributed by atoms with van der Waals surface area (Å²) in [4.78, 5) is 18.1. The number of fused-ring (bicyclic) bond motifs is 1. The molecule has 0 bridgehead atoms. The van der Waals surface area contributed by atoms with E-state index >= 15 is 0 Å². The molecule has 3 rings (SSSR count). The van der Waals surface area contributed by atoms with Crippen molar-refractivity contribution in [2.24, 2.45) is 0 Å². The van der Waals surface area contributed by atoms with Crippen LogP contribution in [-0.4, -0.2) is 10.9 Å². The predicted octanol–water partition coefficient (Wildman–Crippen LogP) is 3.10. The number of carbonyl (C=O) groups excluding carboxylic acids is 1. The lowest BCUT2D eigenvalue weighted by molar-refractivity contribution is 0.101. The highest BCUT2D eigenvalue weighted by atomic mass is 16.2. The summed E-state index contributed by atoms with van der Waals surface area (Å²) in [6.07, 6.45) is 5.35. The average molecular weight is 236 g/mol. The van der Waals surface area contributed by atoms with Crippen molar-refractivity contribution in [3.63, 3.8) is 0 Å². The van der Waals surface area contributed by atoms with Gasteiger partial charge in [0.1, 0.15) is 0 Å². The Labute approximate surface area is 105 Å². The summed E-state index contributed by atoms with van der Waals surface area (Å²) in [7, 11) is 0. The van der Waals surface area contributed by atoms with Crippen LogP contribution in [0.1, 0.15) is 22.8 Å². The number of carbonyl (C=O) groups is 1. The molecule has 18 heavy (non-hydrogen) atoms. The Morgan fingerprint density at radius 3 is 2.39 bits per heavy atom. The van der Waals surface area contributed by atoms with Gasteiger partial charge in [0.15, 0.2) is 0 Å². The number of rotatable bonds is 1. The quantitative estimate of drug-likeness (QED) is 0.762. The standard InChI is InChI=1S/C15H12N2O/c1-2-14-12-5-3-4-6-13(12)15(18)17(14)11-7-9-16-10-8-11/h2-10H,1H3. The molecule has 0 atom stereocenters. The molecule has 2 aromatic rings. The average Bonchev–Trinajstić information content (AvgIpc) is 2.73. The first kappa shape index (κ1) is 10.7. The van der Waals surface area contributed by atoms with Gasteiger partial charge < -0.3 is 0 Å². The Balaban J connectivity index is 2.18. The topological polar surface area (TPSA) is 33.2 Å². The number of hydrogen-bond acceptors (Lipinski definition) is 2. The lowest BCUT2D eigenvalue weighted by Gasteiger charge is -2.17. The minimum absolute atomic E-state index is 0.0184. The minimum atomic E-state index is 0.0184. The molecular weight excluding hydrogens is 224 g/mol. The fourth-order valence-electron chi connectivity index (χ4n) is 2.28. The van der Waals surface area contributed by atoms with Crippen LogP contribution in [0.3, 0.4) is 0 Å². The lowest BCUT2D eigenvalue weighted by atomic mass is 10.1. The van der Waals surface area contributed by atoms with E-state index in [1.54, 1.807) is 17.3 Å². The van der Waals surface area contributed by atoms with Gasteiger partial charge in [-0.15, -0.1) is 0 Å². The molecule has 0 aliphatic carbocycles. The molecule has 1 aromatic heterocycles. The van der Waals surface area contributed by atoms with Crippen LogP contribution in [0.4, 0.5) is 5.69 Å². The van der Waals surface area contributed by atoms with Crippen molar-refractivity contribution in [2.45, 2.75) is 6.92 Å². The van der Waals surface area contributed by atoms with E-state index in [1.807, 2.05) is 49.4 Å². The van der Waals surface area contributed by atoms with Gasteiger partial charge in [-0.2, -0.15) is 0 Å². The first-order valence-electron chi connectivity index (χ1n) is 5.83. The summed E-state index contributed by atoms with van der Waals surface area (Å²) in [5.74, 6) is 0.0184. The van der Waals surface area contributed by atoms with Crippen molar-refractivity contribution < 1.29 is 4.79 Å². The van der Waals surface area contributed by atoms with Crippen molar-refractivity contribution in [1.82, 2.24) is 4.98 Å². The Bertz CT molecular complexity index is 632. The molecule has 0 saturated heterocycles. The van der Waals surface area contributed by atoms with E-state index in [-0.39, 0.29) is 5.91 Å². The van der Waals surface area contributed by atoms with Crippen LogP contribution in [0.2, 0.25) is 0 Å². The van der Waals surface area contributed by atoms with Crippen molar-refractivity contribution >= 4 is 17.3 Å². The number of pyridine rings is 1. The molecule has 2 heterocycles. The molecule has 0 unspecified atom stereocenters. The summed E-state index contributed by atoms with van der Waals surface area (Å²) < 4.78 is 0. The molecule has 0 radical (unpaired) electrons. The van der Waals surface area contributed by atoms with Crippen LogP contribution in [0.15, 0.2) is 54.9 Å². The minimum Gasteiger partial charge on any atom is -0.277 e. The van der Waals surface area contributed by atoms with E-state index in [1.165, 1.54) is 0 Å². The molecule has 1 aromatic carbocycles. The maximum atomic E-state index is 12.4. The molecule has 88 valence electrons. The molecule has 1 aliphatic rings. The fraction of sp³-hybridized carbons (Fsp3) is 0.0667. The van der Waals surface area contributed by atoms with E-state index in [2.05, 4.69) is 4.98 Å². The number of nitrogens with zero attached hydrogens (tertiary/aromatic N) is 2. The van der Waals surface area contributed by atoms with Crippen LogP contribution in [0, 0.1) is 0 Å².